The average molecular weight is 499 g/mol. The molecule has 0 saturated carbocycles. The minimum Gasteiger partial charge on any atom is -0.338 e. The lowest BCUT2D eigenvalue weighted by Gasteiger charge is -2.45. The van der Waals surface area contributed by atoms with Crippen LogP contribution < -0.4 is 10.2 Å². The zero-order valence-corrected chi connectivity index (χ0v) is 18.9. The minimum atomic E-state index is -5.05. The van der Waals surface area contributed by atoms with Gasteiger partial charge in [-0.15, -0.1) is 0 Å². The second kappa shape index (κ2) is 8.46. The largest absolute Gasteiger partial charge is 0.416 e. The number of carbonyl (C=O) groups excluding carboxylic acids is 2. The summed E-state index contributed by atoms with van der Waals surface area (Å²) in [6, 6.07) is 8.36. The van der Waals surface area contributed by atoms with E-state index in [0.29, 0.717) is 12.1 Å². The van der Waals surface area contributed by atoms with Gasteiger partial charge in [-0.25, -0.2) is 0 Å². The van der Waals surface area contributed by atoms with Crippen molar-refractivity contribution in [2.45, 2.75) is 50.7 Å². The van der Waals surface area contributed by atoms with E-state index in [-0.39, 0.29) is 44.1 Å². The molecule has 1 N–H and O–H groups in total. The summed E-state index contributed by atoms with van der Waals surface area (Å²) in [4.78, 5) is 29.2. The number of rotatable bonds is 2. The zero-order valence-electron chi connectivity index (χ0n) is 18.9. The molecule has 2 fully saturated rings. The Kier molecular flexibility index (Phi) is 6.01. The third kappa shape index (κ3) is 4.43. The Labute approximate surface area is 197 Å². The van der Waals surface area contributed by atoms with E-state index in [0.717, 1.165) is 11.3 Å². The molecule has 35 heavy (non-hydrogen) atoms. The average Bonchev–Trinajstić information content (AvgIpc) is 3.01. The van der Waals surface area contributed by atoms with Crippen LogP contribution in [0.15, 0.2) is 42.5 Å². The van der Waals surface area contributed by atoms with E-state index in [1.54, 1.807) is 0 Å². The molecule has 11 heteroatoms. The van der Waals surface area contributed by atoms with Crippen molar-refractivity contribution in [3.63, 3.8) is 0 Å². The standard InChI is InChI=1S/C24H23F6N3O2/c1-14-5-3-4-6-19(14)33-15(2)31-21(35)22(33)7-9-32(10-8-22)20(34)16-11-17(23(25,26)27)13-18(12-16)24(28,29)30/h3-6,11-13,15H,7-10H2,1-2H3,(H,31,35). The number of carbonyl (C=O) groups is 2. The van der Waals surface area contributed by atoms with Crippen LogP contribution in [0.25, 0.3) is 0 Å². The third-order valence-electron chi connectivity index (χ3n) is 6.70. The van der Waals surface area contributed by atoms with Gasteiger partial charge >= 0.3 is 12.4 Å². The normalized spacial score (nSPS) is 20.3. The number of halogens is 6. The topological polar surface area (TPSA) is 52.7 Å². The number of anilines is 1. The van der Waals surface area contributed by atoms with Crippen LogP contribution in [0, 0.1) is 6.92 Å². The number of hydrogen-bond donors (Lipinski definition) is 1. The van der Waals surface area contributed by atoms with E-state index in [9.17, 15) is 35.9 Å². The Morgan fingerprint density at radius 2 is 1.51 bits per heavy atom. The number of nitrogens with zero attached hydrogens (tertiary/aromatic N) is 2. The summed E-state index contributed by atoms with van der Waals surface area (Å²) in [5.74, 6) is -1.16. The molecule has 2 aromatic carbocycles. The molecule has 188 valence electrons. The van der Waals surface area contributed by atoms with Crippen LogP contribution in [0.2, 0.25) is 0 Å². The fourth-order valence-electron chi connectivity index (χ4n) is 4.95. The Morgan fingerprint density at radius 1 is 0.971 bits per heavy atom. The second-order valence-electron chi connectivity index (χ2n) is 8.92. The summed E-state index contributed by atoms with van der Waals surface area (Å²) in [5, 5.41) is 2.91. The van der Waals surface area contributed by atoms with Crippen molar-refractivity contribution < 1.29 is 35.9 Å². The molecular weight excluding hydrogens is 476 g/mol. The number of amides is 2. The lowest BCUT2D eigenvalue weighted by Crippen LogP contribution is -2.58. The van der Waals surface area contributed by atoms with Crippen LogP contribution in [0.5, 0.6) is 0 Å². The third-order valence-corrected chi connectivity index (χ3v) is 6.70. The van der Waals surface area contributed by atoms with Gasteiger partial charge in [0.2, 0.25) is 5.91 Å². The number of para-hydroxylation sites is 1. The molecule has 2 aliphatic rings. The maximum Gasteiger partial charge on any atom is 0.416 e. The van der Waals surface area contributed by atoms with Crippen molar-refractivity contribution in [1.29, 1.82) is 0 Å². The Bertz CT molecular complexity index is 1120. The number of likely N-dealkylation sites (tertiary alicyclic amines) is 1. The molecule has 4 rings (SSSR count). The summed E-state index contributed by atoms with van der Waals surface area (Å²) in [7, 11) is 0. The van der Waals surface area contributed by atoms with Gasteiger partial charge in [-0.1, -0.05) is 18.2 Å². The molecule has 5 nitrogen and oxygen atoms in total. The lowest BCUT2D eigenvalue weighted by molar-refractivity contribution is -0.143. The molecule has 2 amide bonds. The van der Waals surface area contributed by atoms with E-state index in [1.165, 1.54) is 4.90 Å². The molecule has 1 atom stereocenters. The van der Waals surface area contributed by atoms with Crippen molar-refractivity contribution in [1.82, 2.24) is 10.2 Å². The first-order valence-corrected chi connectivity index (χ1v) is 11.0. The van der Waals surface area contributed by atoms with Gasteiger partial charge in [0.15, 0.2) is 0 Å². The highest BCUT2D eigenvalue weighted by Gasteiger charge is 2.54. The first kappa shape index (κ1) is 24.9. The molecule has 1 spiro atoms. The highest BCUT2D eigenvalue weighted by Crippen LogP contribution is 2.41. The smallest absolute Gasteiger partial charge is 0.338 e. The molecule has 0 aliphatic carbocycles. The molecule has 2 heterocycles. The molecule has 0 radical (unpaired) electrons. The quantitative estimate of drug-likeness (QED) is 0.593. The minimum absolute atomic E-state index is 0.00104. The first-order chi connectivity index (χ1) is 16.2. The Hall–Kier alpha value is -3.24. The van der Waals surface area contributed by atoms with Crippen molar-refractivity contribution in [2.75, 3.05) is 18.0 Å². The van der Waals surface area contributed by atoms with Crippen molar-refractivity contribution >= 4 is 17.5 Å². The van der Waals surface area contributed by atoms with Gasteiger partial charge < -0.3 is 15.1 Å². The number of benzene rings is 2. The number of alkyl halides is 6. The summed E-state index contributed by atoms with van der Waals surface area (Å²) in [6.07, 6.45) is -10.1. The van der Waals surface area contributed by atoms with Crippen LogP contribution in [0.4, 0.5) is 32.0 Å². The molecule has 0 aromatic heterocycles. The predicted molar refractivity (Wildman–Crippen MR) is 116 cm³/mol. The fourth-order valence-corrected chi connectivity index (χ4v) is 4.95. The molecule has 0 bridgehead atoms. The number of nitrogens with one attached hydrogen (secondary N) is 1. The van der Waals surface area contributed by atoms with E-state index in [4.69, 9.17) is 0 Å². The SMILES string of the molecule is Cc1ccccc1N1C(C)NC(=O)C12CCN(C(=O)c1cc(C(F)(F)F)cc(C(F)(F)F)c1)CC2. The van der Waals surface area contributed by atoms with Gasteiger partial charge in [-0.2, -0.15) is 26.3 Å². The second-order valence-corrected chi connectivity index (χ2v) is 8.92. The van der Waals surface area contributed by atoms with Crippen LogP contribution in [0.3, 0.4) is 0 Å². The van der Waals surface area contributed by atoms with Crippen LogP contribution in [-0.2, 0) is 17.1 Å². The molecule has 2 aliphatic heterocycles. The van der Waals surface area contributed by atoms with Gasteiger partial charge in [0.1, 0.15) is 5.54 Å². The van der Waals surface area contributed by atoms with Crippen LogP contribution >= 0.6 is 0 Å². The summed E-state index contributed by atoms with van der Waals surface area (Å²) in [6.45, 7) is 3.74. The van der Waals surface area contributed by atoms with E-state index in [2.05, 4.69) is 5.32 Å². The lowest BCUT2D eigenvalue weighted by atomic mass is 9.85. The maximum absolute atomic E-state index is 13.2. The highest BCUT2D eigenvalue weighted by atomic mass is 19.4. The van der Waals surface area contributed by atoms with Gasteiger partial charge in [0.05, 0.1) is 17.3 Å². The maximum atomic E-state index is 13.2. The first-order valence-electron chi connectivity index (χ1n) is 11.0. The number of piperidine rings is 1. The van der Waals surface area contributed by atoms with Gasteiger partial charge in [0, 0.05) is 24.3 Å². The highest BCUT2D eigenvalue weighted by molar-refractivity contribution is 5.97. The summed E-state index contributed by atoms with van der Waals surface area (Å²) >= 11 is 0. The number of aryl methyl sites for hydroxylation is 1. The van der Waals surface area contributed by atoms with Gasteiger partial charge in [-0.05, 0) is 56.5 Å². The van der Waals surface area contributed by atoms with Crippen molar-refractivity contribution in [2.24, 2.45) is 0 Å². The van der Waals surface area contributed by atoms with E-state index in [1.807, 2.05) is 43.0 Å². The zero-order chi connectivity index (χ0) is 25.8. The number of hydrogen-bond acceptors (Lipinski definition) is 3. The summed E-state index contributed by atoms with van der Waals surface area (Å²) < 4.78 is 79.3. The van der Waals surface area contributed by atoms with Crippen LogP contribution in [0.1, 0.15) is 46.8 Å². The van der Waals surface area contributed by atoms with Gasteiger partial charge in [0.25, 0.3) is 5.91 Å². The molecule has 2 saturated heterocycles. The fraction of sp³-hybridized carbons (Fsp3) is 0.417. The van der Waals surface area contributed by atoms with E-state index < -0.39 is 40.5 Å². The molecular formula is C24H23F6N3O2. The summed E-state index contributed by atoms with van der Waals surface area (Å²) in [5.41, 5.74) is -2.98. The van der Waals surface area contributed by atoms with E-state index >= 15 is 0 Å². The predicted octanol–water partition coefficient (Wildman–Crippen LogP) is 4.99. The Balaban J connectivity index is 1.62. The molecule has 2 aromatic rings. The van der Waals surface area contributed by atoms with Crippen LogP contribution in [-0.4, -0.2) is 41.5 Å². The van der Waals surface area contributed by atoms with Gasteiger partial charge in [-0.3, -0.25) is 9.59 Å². The Morgan fingerprint density at radius 3 is 2.03 bits per heavy atom. The van der Waals surface area contributed by atoms with Crippen molar-refractivity contribution in [3.05, 3.63) is 64.7 Å². The van der Waals surface area contributed by atoms with Crippen molar-refractivity contribution in [3.8, 4) is 0 Å². The molecule has 1 unspecified atom stereocenters. The monoisotopic (exact) mass is 499 g/mol.